The van der Waals surface area contributed by atoms with Crippen LogP contribution in [0.5, 0.6) is 0 Å². The minimum absolute atomic E-state index is 0.520. The van der Waals surface area contributed by atoms with Crippen molar-refractivity contribution in [3.05, 3.63) is 12.4 Å². The maximum Gasteiger partial charge on any atom is 0.134 e. The summed E-state index contributed by atoms with van der Waals surface area (Å²) in [6, 6.07) is 2.63. The molecule has 0 saturated carbocycles. The number of hydrogen-bond acceptors (Lipinski definition) is 6. The second-order valence-electron chi connectivity index (χ2n) is 7.52. The van der Waals surface area contributed by atoms with Gasteiger partial charge in [-0.05, 0) is 32.7 Å². The van der Waals surface area contributed by atoms with Crippen LogP contribution < -0.4 is 10.2 Å². The number of piperazine rings is 1. The number of hydrogen-bond donors (Lipinski definition) is 1. The number of anilines is 2. The fraction of sp³-hybridized carbons (Fsp3) is 0.778. The first-order chi connectivity index (χ1) is 11.6. The van der Waals surface area contributed by atoms with E-state index in [0.29, 0.717) is 6.04 Å². The summed E-state index contributed by atoms with van der Waals surface area (Å²) in [5.41, 5.74) is 0. The van der Waals surface area contributed by atoms with E-state index in [2.05, 4.69) is 56.9 Å². The van der Waals surface area contributed by atoms with Crippen LogP contribution in [-0.4, -0.2) is 78.7 Å². The van der Waals surface area contributed by atoms with Crippen LogP contribution in [0, 0.1) is 5.92 Å². The van der Waals surface area contributed by atoms with Crippen LogP contribution in [0.3, 0.4) is 0 Å². The van der Waals surface area contributed by atoms with Gasteiger partial charge >= 0.3 is 0 Å². The van der Waals surface area contributed by atoms with E-state index >= 15 is 0 Å². The molecule has 2 aliphatic rings. The van der Waals surface area contributed by atoms with Crippen molar-refractivity contribution in [2.24, 2.45) is 5.92 Å². The molecule has 2 fully saturated rings. The lowest BCUT2D eigenvalue weighted by atomic mass is 10.0. The molecule has 0 aliphatic carbocycles. The van der Waals surface area contributed by atoms with Crippen molar-refractivity contribution >= 4 is 11.6 Å². The van der Waals surface area contributed by atoms with Crippen molar-refractivity contribution in [3.8, 4) is 0 Å². The van der Waals surface area contributed by atoms with E-state index in [1.165, 1.54) is 12.8 Å². The molecule has 2 atom stereocenters. The monoisotopic (exact) mass is 332 g/mol. The van der Waals surface area contributed by atoms with Crippen molar-refractivity contribution in [1.29, 1.82) is 0 Å². The number of nitrogens with zero attached hydrogens (tertiary/aromatic N) is 5. The van der Waals surface area contributed by atoms with Crippen molar-refractivity contribution in [3.63, 3.8) is 0 Å². The zero-order chi connectivity index (χ0) is 16.9. The van der Waals surface area contributed by atoms with Gasteiger partial charge in [-0.1, -0.05) is 6.92 Å². The van der Waals surface area contributed by atoms with Gasteiger partial charge in [-0.3, -0.25) is 4.90 Å². The predicted molar refractivity (Wildman–Crippen MR) is 99.7 cm³/mol. The highest BCUT2D eigenvalue weighted by Crippen LogP contribution is 2.22. The summed E-state index contributed by atoms with van der Waals surface area (Å²) in [6.07, 6.45) is 4.28. The Bertz CT molecular complexity index is 514. The molecule has 1 N–H and O–H groups in total. The average Bonchev–Trinajstić information content (AvgIpc) is 2.60. The fourth-order valence-corrected chi connectivity index (χ4v) is 3.66. The summed E-state index contributed by atoms with van der Waals surface area (Å²) in [6.45, 7) is 12.4. The summed E-state index contributed by atoms with van der Waals surface area (Å²) in [5, 5.41) is 3.51. The summed E-state index contributed by atoms with van der Waals surface area (Å²) >= 11 is 0. The molecule has 24 heavy (non-hydrogen) atoms. The minimum Gasteiger partial charge on any atom is -0.368 e. The molecule has 1 aromatic heterocycles. The van der Waals surface area contributed by atoms with E-state index < -0.39 is 0 Å². The normalized spacial score (nSPS) is 24.8. The average molecular weight is 332 g/mol. The van der Waals surface area contributed by atoms with Crippen LogP contribution in [0.1, 0.15) is 26.7 Å². The molecule has 2 aliphatic heterocycles. The standard InChI is InChI=1S/C18H32N6/c1-15-5-4-6-24(13-15)18-11-17(20-14-21-18)19-12-16(2)23-9-7-22(3)8-10-23/h11,14-16H,4-10,12-13H2,1-3H3,(H,19,20,21). The second kappa shape index (κ2) is 8.12. The van der Waals surface area contributed by atoms with Gasteiger partial charge in [-0.15, -0.1) is 0 Å². The van der Waals surface area contributed by atoms with E-state index in [-0.39, 0.29) is 0 Å². The van der Waals surface area contributed by atoms with Gasteiger partial charge in [0.1, 0.15) is 18.0 Å². The Morgan fingerprint density at radius 3 is 2.75 bits per heavy atom. The minimum atomic E-state index is 0.520. The summed E-state index contributed by atoms with van der Waals surface area (Å²) in [5.74, 6) is 2.76. The summed E-state index contributed by atoms with van der Waals surface area (Å²) < 4.78 is 0. The van der Waals surface area contributed by atoms with Crippen LogP contribution in [0.25, 0.3) is 0 Å². The number of rotatable bonds is 5. The Hall–Kier alpha value is -1.40. The van der Waals surface area contributed by atoms with Crippen molar-refractivity contribution in [1.82, 2.24) is 19.8 Å². The molecule has 0 amide bonds. The van der Waals surface area contributed by atoms with Crippen LogP contribution in [0.4, 0.5) is 11.6 Å². The van der Waals surface area contributed by atoms with Gasteiger partial charge in [0, 0.05) is 57.9 Å². The first-order valence-electron chi connectivity index (χ1n) is 9.35. The molecule has 6 heteroatoms. The largest absolute Gasteiger partial charge is 0.368 e. The SMILES string of the molecule is CC1CCCN(c2cc(NCC(C)N3CCN(C)CC3)ncn2)C1. The second-order valence-corrected chi connectivity index (χ2v) is 7.52. The molecule has 1 aromatic rings. The van der Waals surface area contributed by atoms with E-state index in [1.54, 1.807) is 6.33 Å². The Morgan fingerprint density at radius 2 is 2.00 bits per heavy atom. The molecule has 6 nitrogen and oxygen atoms in total. The van der Waals surface area contributed by atoms with Gasteiger partial charge < -0.3 is 15.1 Å². The lowest BCUT2D eigenvalue weighted by molar-refractivity contribution is 0.123. The number of aromatic nitrogens is 2. The first kappa shape index (κ1) is 17.4. The van der Waals surface area contributed by atoms with E-state index in [0.717, 1.165) is 63.4 Å². The third-order valence-electron chi connectivity index (χ3n) is 5.37. The van der Waals surface area contributed by atoms with Crippen LogP contribution in [0.2, 0.25) is 0 Å². The highest BCUT2D eigenvalue weighted by molar-refractivity contribution is 5.48. The van der Waals surface area contributed by atoms with Gasteiger partial charge in [0.15, 0.2) is 0 Å². The molecule has 3 heterocycles. The lowest BCUT2D eigenvalue weighted by Gasteiger charge is -2.36. The maximum atomic E-state index is 4.48. The Kier molecular flexibility index (Phi) is 5.89. The van der Waals surface area contributed by atoms with Crippen LogP contribution in [-0.2, 0) is 0 Å². The number of piperidine rings is 1. The topological polar surface area (TPSA) is 47.5 Å². The molecule has 3 rings (SSSR count). The molecule has 134 valence electrons. The molecule has 0 radical (unpaired) electrons. The van der Waals surface area contributed by atoms with Gasteiger partial charge in [0.05, 0.1) is 0 Å². The molecule has 0 bridgehead atoms. The molecule has 2 saturated heterocycles. The van der Waals surface area contributed by atoms with Crippen molar-refractivity contribution in [2.75, 3.05) is 63.1 Å². The number of likely N-dealkylation sites (N-methyl/N-ethyl adjacent to an activating group) is 1. The first-order valence-corrected chi connectivity index (χ1v) is 9.35. The molecule has 2 unspecified atom stereocenters. The predicted octanol–water partition coefficient (Wildman–Crippen LogP) is 1.76. The molecule has 0 aromatic carbocycles. The van der Waals surface area contributed by atoms with Gasteiger partial charge in [0.25, 0.3) is 0 Å². The lowest BCUT2D eigenvalue weighted by Crippen LogP contribution is -2.49. The Morgan fingerprint density at radius 1 is 1.21 bits per heavy atom. The highest BCUT2D eigenvalue weighted by Gasteiger charge is 2.20. The third-order valence-corrected chi connectivity index (χ3v) is 5.37. The summed E-state index contributed by atoms with van der Waals surface area (Å²) in [4.78, 5) is 16.2. The van der Waals surface area contributed by atoms with Crippen molar-refractivity contribution < 1.29 is 0 Å². The maximum absolute atomic E-state index is 4.48. The van der Waals surface area contributed by atoms with Gasteiger partial charge in [-0.2, -0.15) is 0 Å². The van der Waals surface area contributed by atoms with E-state index in [1.807, 2.05) is 0 Å². The van der Waals surface area contributed by atoms with Crippen LogP contribution in [0.15, 0.2) is 12.4 Å². The van der Waals surface area contributed by atoms with Gasteiger partial charge in [0.2, 0.25) is 0 Å². The summed E-state index contributed by atoms with van der Waals surface area (Å²) in [7, 11) is 2.20. The fourth-order valence-electron chi connectivity index (χ4n) is 3.66. The van der Waals surface area contributed by atoms with E-state index in [4.69, 9.17) is 0 Å². The smallest absolute Gasteiger partial charge is 0.134 e. The molecular formula is C18H32N6. The number of nitrogens with one attached hydrogen (secondary N) is 1. The van der Waals surface area contributed by atoms with E-state index in [9.17, 15) is 0 Å². The molecular weight excluding hydrogens is 300 g/mol. The Labute approximate surface area is 146 Å². The molecule has 0 spiro atoms. The van der Waals surface area contributed by atoms with Gasteiger partial charge in [-0.25, -0.2) is 9.97 Å². The third kappa shape index (κ3) is 4.57. The quantitative estimate of drug-likeness (QED) is 0.887. The van der Waals surface area contributed by atoms with Crippen LogP contribution >= 0.6 is 0 Å². The zero-order valence-electron chi connectivity index (χ0n) is 15.4. The highest BCUT2D eigenvalue weighted by atomic mass is 15.3. The van der Waals surface area contributed by atoms with Crippen molar-refractivity contribution in [2.45, 2.75) is 32.7 Å². The zero-order valence-corrected chi connectivity index (χ0v) is 15.4. The Balaban J connectivity index is 1.53.